The number of aryl methyl sites for hydroxylation is 1. The Balaban J connectivity index is 1.66. The van der Waals surface area contributed by atoms with E-state index in [9.17, 15) is 8.42 Å². The van der Waals surface area contributed by atoms with Gasteiger partial charge in [0.1, 0.15) is 0 Å². The summed E-state index contributed by atoms with van der Waals surface area (Å²) in [7, 11) is -1.56. The van der Waals surface area contributed by atoms with E-state index in [0.29, 0.717) is 4.90 Å². The van der Waals surface area contributed by atoms with Crippen LogP contribution in [0, 0.1) is 17.8 Å². The van der Waals surface area contributed by atoms with Crippen molar-refractivity contribution >= 4 is 10.0 Å². The molecule has 4 fully saturated rings. The second-order valence-electron chi connectivity index (χ2n) is 8.11. The van der Waals surface area contributed by atoms with Crippen molar-refractivity contribution in [3.63, 3.8) is 0 Å². The maximum absolute atomic E-state index is 13.2. The van der Waals surface area contributed by atoms with Crippen molar-refractivity contribution in [3.8, 4) is 0 Å². The molecule has 0 amide bonds. The molecule has 23 heavy (non-hydrogen) atoms. The van der Waals surface area contributed by atoms with E-state index in [-0.39, 0.29) is 5.54 Å². The molecule has 0 radical (unpaired) electrons. The number of rotatable bonds is 4. The van der Waals surface area contributed by atoms with Gasteiger partial charge in [0.25, 0.3) is 0 Å². The lowest BCUT2D eigenvalue weighted by Crippen LogP contribution is -2.60. The van der Waals surface area contributed by atoms with Gasteiger partial charge in [-0.15, -0.1) is 0 Å². The van der Waals surface area contributed by atoms with Crippen LogP contribution in [0.4, 0.5) is 0 Å². The highest BCUT2D eigenvalue weighted by molar-refractivity contribution is 7.89. The fourth-order valence-corrected chi connectivity index (χ4v) is 7.29. The SMILES string of the molecule is CCc1ccc(S(=O)(=O)N(C)C23CC4CC(CC(C4)C2)C3)cc1. The van der Waals surface area contributed by atoms with Crippen LogP contribution in [-0.4, -0.2) is 25.3 Å². The van der Waals surface area contributed by atoms with Crippen molar-refractivity contribution in [2.75, 3.05) is 7.05 Å². The van der Waals surface area contributed by atoms with Crippen LogP contribution in [0.3, 0.4) is 0 Å². The molecule has 4 saturated carbocycles. The van der Waals surface area contributed by atoms with Crippen molar-refractivity contribution < 1.29 is 8.42 Å². The number of nitrogens with zero attached hydrogens (tertiary/aromatic N) is 1. The average Bonchev–Trinajstić information content (AvgIpc) is 2.53. The molecule has 0 aliphatic heterocycles. The summed E-state index contributed by atoms with van der Waals surface area (Å²) >= 11 is 0. The summed E-state index contributed by atoms with van der Waals surface area (Å²) in [4.78, 5) is 0.452. The van der Waals surface area contributed by atoms with Gasteiger partial charge in [-0.25, -0.2) is 8.42 Å². The second kappa shape index (κ2) is 5.32. The molecule has 0 heterocycles. The van der Waals surface area contributed by atoms with Crippen LogP contribution >= 0.6 is 0 Å². The van der Waals surface area contributed by atoms with Crippen molar-refractivity contribution in [3.05, 3.63) is 29.8 Å². The summed E-state index contributed by atoms with van der Waals surface area (Å²) < 4.78 is 28.1. The van der Waals surface area contributed by atoms with E-state index in [0.717, 1.165) is 43.4 Å². The zero-order valence-corrected chi connectivity index (χ0v) is 15.0. The van der Waals surface area contributed by atoms with Gasteiger partial charge in [0, 0.05) is 12.6 Å². The Bertz CT molecular complexity index is 657. The minimum atomic E-state index is -3.39. The van der Waals surface area contributed by atoms with E-state index in [4.69, 9.17) is 0 Å². The Hall–Kier alpha value is -0.870. The number of hydrogen-bond donors (Lipinski definition) is 0. The Morgan fingerprint density at radius 1 is 1.00 bits per heavy atom. The summed E-state index contributed by atoms with van der Waals surface area (Å²) in [5.41, 5.74) is 1.07. The molecule has 0 N–H and O–H groups in total. The Morgan fingerprint density at radius 2 is 1.48 bits per heavy atom. The zero-order chi connectivity index (χ0) is 16.2. The summed E-state index contributed by atoms with van der Waals surface area (Å²) in [6.07, 6.45) is 8.14. The van der Waals surface area contributed by atoms with Crippen molar-refractivity contribution in [2.24, 2.45) is 17.8 Å². The van der Waals surface area contributed by atoms with Crippen LogP contribution < -0.4 is 0 Å². The molecule has 0 unspecified atom stereocenters. The van der Waals surface area contributed by atoms with Gasteiger partial charge in [0.15, 0.2) is 0 Å². The van der Waals surface area contributed by atoms with E-state index < -0.39 is 10.0 Å². The predicted octanol–water partition coefficient (Wildman–Crippen LogP) is 3.84. The van der Waals surface area contributed by atoms with Gasteiger partial charge in [-0.05, 0) is 80.4 Å². The molecule has 0 saturated heterocycles. The first kappa shape index (κ1) is 15.6. The van der Waals surface area contributed by atoms with Crippen molar-refractivity contribution in [1.29, 1.82) is 0 Å². The molecule has 1 aromatic rings. The molecule has 3 nitrogen and oxygen atoms in total. The average molecular weight is 333 g/mol. The molecule has 126 valence electrons. The van der Waals surface area contributed by atoms with E-state index in [2.05, 4.69) is 6.92 Å². The van der Waals surface area contributed by atoms with Gasteiger partial charge in [-0.2, -0.15) is 4.31 Å². The van der Waals surface area contributed by atoms with Crippen molar-refractivity contribution in [1.82, 2.24) is 4.31 Å². The van der Waals surface area contributed by atoms with E-state index in [1.54, 1.807) is 16.4 Å². The molecule has 5 rings (SSSR count). The van der Waals surface area contributed by atoms with Gasteiger partial charge in [-0.1, -0.05) is 19.1 Å². The quantitative estimate of drug-likeness (QED) is 0.839. The minimum absolute atomic E-state index is 0.114. The standard InChI is InChI=1S/C19H27NO2S/c1-3-14-4-6-18(7-5-14)23(21,22)20(2)19-11-15-8-16(12-19)10-17(9-15)13-19/h4-7,15-17H,3,8-13H2,1-2H3. The summed E-state index contributed by atoms with van der Waals surface area (Å²) in [5, 5.41) is 0. The lowest BCUT2D eigenvalue weighted by Gasteiger charge is -2.59. The van der Waals surface area contributed by atoms with E-state index >= 15 is 0 Å². The molecular weight excluding hydrogens is 306 g/mol. The lowest BCUT2D eigenvalue weighted by atomic mass is 9.53. The van der Waals surface area contributed by atoms with Crippen LogP contribution in [-0.2, 0) is 16.4 Å². The first-order valence-electron chi connectivity index (χ1n) is 9.01. The van der Waals surface area contributed by atoms with Gasteiger partial charge < -0.3 is 0 Å². The fourth-order valence-electron chi connectivity index (χ4n) is 5.76. The van der Waals surface area contributed by atoms with Crippen LogP contribution in [0.15, 0.2) is 29.2 Å². The Morgan fingerprint density at radius 3 is 1.91 bits per heavy atom. The largest absolute Gasteiger partial charge is 0.243 e. The second-order valence-corrected chi connectivity index (χ2v) is 10.1. The summed E-state index contributed by atoms with van der Waals surface area (Å²) in [5.74, 6) is 2.25. The third-order valence-corrected chi connectivity index (χ3v) is 8.64. The number of sulfonamides is 1. The first-order valence-corrected chi connectivity index (χ1v) is 10.4. The van der Waals surface area contributed by atoms with Gasteiger partial charge in [-0.3, -0.25) is 0 Å². The van der Waals surface area contributed by atoms with Gasteiger partial charge in [0.05, 0.1) is 4.90 Å². The number of benzene rings is 1. The normalized spacial score (nSPS) is 35.9. The monoisotopic (exact) mass is 333 g/mol. The molecule has 4 heteroatoms. The van der Waals surface area contributed by atoms with E-state index in [1.807, 2.05) is 19.2 Å². The molecule has 0 atom stereocenters. The minimum Gasteiger partial charge on any atom is -0.207 e. The molecule has 0 spiro atoms. The van der Waals surface area contributed by atoms with Crippen molar-refractivity contribution in [2.45, 2.75) is 62.3 Å². The molecular formula is C19H27NO2S. The highest BCUT2D eigenvalue weighted by Crippen LogP contribution is 2.58. The molecule has 4 aliphatic rings. The van der Waals surface area contributed by atoms with Crippen LogP contribution in [0.5, 0.6) is 0 Å². The smallest absolute Gasteiger partial charge is 0.207 e. The summed E-state index contributed by atoms with van der Waals surface area (Å²) in [6, 6.07) is 7.46. The molecule has 1 aromatic carbocycles. The zero-order valence-electron chi connectivity index (χ0n) is 14.2. The maximum Gasteiger partial charge on any atom is 0.243 e. The predicted molar refractivity (Wildman–Crippen MR) is 91.7 cm³/mol. The molecule has 4 aliphatic carbocycles. The fraction of sp³-hybridized carbons (Fsp3) is 0.684. The highest BCUT2D eigenvalue weighted by Gasteiger charge is 2.55. The number of hydrogen-bond acceptors (Lipinski definition) is 2. The topological polar surface area (TPSA) is 37.4 Å². The third kappa shape index (κ3) is 2.45. The first-order chi connectivity index (χ1) is 10.9. The van der Waals surface area contributed by atoms with E-state index in [1.165, 1.54) is 24.8 Å². The Kier molecular flexibility index (Phi) is 3.62. The van der Waals surface area contributed by atoms with Crippen LogP contribution in [0.1, 0.15) is 51.0 Å². The van der Waals surface area contributed by atoms with Crippen LogP contribution in [0.2, 0.25) is 0 Å². The lowest BCUT2D eigenvalue weighted by molar-refractivity contribution is -0.0495. The molecule has 0 aromatic heterocycles. The Labute approximate surface area is 140 Å². The van der Waals surface area contributed by atoms with Gasteiger partial charge >= 0.3 is 0 Å². The van der Waals surface area contributed by atoms with Crippen LogP contribution in [0.25, 0.3) is 0 Å². The maximum atomic E-state index is 13.2. The summed E-state index contributed by atoms with van der Waals surface area (Å²) in [6.45, 7) is 2.09. The highest BCUT2D eigenvalue weighted by atomic mass is 32.2. The third-order valence-electron chi connectivity index (χ3n) is 6.66. The molecule has 4 bridgehead atoms. The van der Waals surface area contributed by atoms with Gasteiger partial charge in [0.2, 0.25) is 10.0 Å².